The summed E-state index contributed by atoms with van der Waals surface area (Å²) in [4.78, 5) is 12.8. The number of hydrogen-bond acceptors (Lipinski definition) is 2. The van der Waals surface area contributed by atoms with Crippen molar-refractivity contribution in [3.63, 3.8) is 0 Å². The summed E-state index contributed by atoms with van der Waals surface area (Å²) in [6.07, 6.45) is 6.40. The van der Waals surface area contributed by atoms with Gasteiger partial charge >= 0.3 is 0 Å². The molecule has 0 aromatic carbocycles. The standard InChI is InChI=1S/C10H15NO/c1-2-6-10(9-12)11-7-4-3-5-8-11/h6,9-10H,1,3-5,7-8H2. The molecule has 66 valence electrons. The van der Waals surface area contributed by atoms with Gasteiger partial charge in [0.1, 0.15) is 6.29 Å². The monoisotopic (exact) mass is 165 g/mol. The number of aldehydes is 1. The van der Waals surface area contributed by atoms with E-state index in [9.17, 15) is 4.79 Å². The number of rotatable bonds is 3. The molecule has 2 heteroatoms. The van der Waals surface area contributed by atoms with Crippen molar-refractivity contribution in [1.29, 1.82) is 0 Å². The Bertz CT molecular complexity index is 188. The van der Waals surface area contributed by atoms with Gasteiger partial charge in [-0.25, -0.2) is 0 Å². The zero-order valence-corrected chi connectivity index (χ0v) is 7.33. The second-order valence-electron chi connectivity index (χ2n) is 3.09. The van der Waals surface area contributed by atoms with Gasteiger partial charge in [-0.2, -0.15) is 0 Å². The molecule has 1 aliphatic heterocycles. The second kappa shape index (κ2) is 4.91. The van der Waals surface area contributed by atoms with Crippen LogP contribution >= 0.6 is 0 Å². The molecule has 0 bridgehead atoms. The first-order valence-corrected chi connectivity index (χ1v) is 4.44. The van der Waals surface area contributed by atoms with Crippen molar-refractivity contribution in [1.82, 2.24) is 4.90 Å². The molecule has 1 fully saturated rings. The Morgan fingerprint density at radius 1 is 1.33 bits per heavy atom. The smallest absolute Gasteiger partial charge is 0.141 e. The average Bonchev–Trinajstić information content (AvgIpc) is 2.15. The van der Waals surface area contributed by atoms with Gasteiger partial charge in [0.05, 0.1) is 6.04 Å². The number of carbonyl (C=O) groups is 1. The molecule has 12 heavy (non-hydrogen) atoms. The van der Waals surface area contributed by atoms with E-state index in [1.54, 1.807) is 6.08 Å². The molecule has 0 spiro atoms. The van der Waals surface area contributed by atoms with E-state index in [0.717, 1.165) is 19.4 Å². The maximum absolute atomic E-state index is 10.7. The summed E-state index contributed by atoms with van der Waals surface area (Å²) < 4.78 is 0. The van der Waals surface area contributed by atoms with Gasteiger partial charge < -0.3 is 4.79 Å². The number of nitrogens with zero attached hydrogens (tertiary/aromatic N) is 1. The van der Waals surface area contributed by atoms with Gasteiger partial charge in [-0.1, -0.05) is 13.0 Å². The molecule has 1 heterocycles. The fraction of sp³-hybridized carbons (Fsp3) is 0.600. The number of hydrogen-bond donors (Lipinski definition) is 0. The van der Waals surface area contributed by atoms with E-state index in [4.69, 9.17) is 0 Å². The Kier molecular flexibility index (Phi) is 3.78. The lowest BCUT2D eigenvalue weighted by atomic mass is 10.1. The third-order valence-corrected chi connectivity index (χ3v) is 2.24. The van der Waals surface area contributed by atoms with Gasteiger partial charge in [0, 0.05) is 0 Å². The minimum absolute atomic E-state index is 0.0946. The van der Waals surface area contributed by atoms with Gasteiger partial charge in [-0.15, -0.1) is 5.73 Å². The first-order valence-electron chi connectivity index (χ1n) is 4.44. The van der Waals surface area contributed by atoms with Crippen LogP contribution in [0.3, 0.4) is 0 Å². The van der Waals surface area contributed by atoms with Crippen LogP contribution in [0.2, 0.25) is 0 Å². The Labute approximate surface area is 73.6 Å². The zero-order valence-electron chi connectivity index (χ0n) is 7.33. The Hall–Kier alpha value is -0.850. The highest BCUT2D eigenvalue weighted by Gasteiger charge is 2.16. The molecule has 0 amide bonds. The van der Waals surface area contributed by atoms with E-state index in [0.29, 0.717) is 0 Å². The largest absolute Gasteiger partial charge is 0.301 e. The molecular formula is C10H15NO. The van der Waals surface area contributed by atoms with Crippen LogP contribution in [0.1, 0.15) is 19.3 Å². The molecule has 0 aromatic rings. The number of likely N-dealkylation sites (tertiary alicyclic amines) is 1. The van der Waals surface area contributed by atoms with E-state index in [1.807, 2.05) is 0 Å². The SMILES string of the molecule is C=C=CC(C=O)N1CCCCC1. The minimum atomic E-state index is -0.0946. The highest BCUT2D eigenvalue weighted by Crippen LogP contribution is 2.11. The molecular weight excluding hydrogens is 150 g/mol. The molecule has 0 aromatic heterocycles. The maximum Gasteiger partial charge on any atom is 0.141 e. The molecule has 0 radical (unpaired) electrons. The first kappa shape index (κ1) is 9.24. The maximum atomic E-state index is 10.7. The lowest BCUT2D eigenvalue weighted by Gasteiger charge is -2.29. The zero-order chi connectivity index (χ0) is 8.81. The Morgan fingerprint density at radius 2 is 2.00 bits per heavy atom. The van der Waals surface area contributed by atoms with Crippen LogP contribution < -0.4 is 0 Å². The van der Waals surface area contributed by atoms with Crippen molar-refractivity contribution in [3.05, 3.63) is 18.4 Å². The molecule has 1 unspecified atom stereocenters. The third-order valence-electron chi connectivity index (χ3n) is 2.24. The molecule has 1 rings (SSSR count). The second-order valence-corrected chi connectivity index (χ2v) is 3.09. The van der Waals surface area contributed by atoms with Crippen molar-refractivity contribution in [3.8, 4) is 0 Å². The summed E-state index contributed by atoms with van der Waals surface area (Å²) in [6, 6.07) is -0.0946. The quantitative estimate of drug-likeness (QED) is 0.465. The topological polar surface area (TPSA) is 20.3 Å². The van der Waals surface area contributed by atoms with Crippen molar-refractivity contribution in [2.75, 3.05) is 13.1 Å². The predicted octanol–water partition coefficient (Wildman–Crippen LogP) is 1.38. The van der Waals surface area contributed by atoms with E-state index in [1.165, 1.54) is 19.3 Å². The van der Waals surface area contributed by atoms with Crippen molar-refractivity contribution >= 4 is 6.29 Å². The highest BCUT2D eigenvalue weighted by atomic mass is 16.1. The van der Waals surface area contributed by atoms with Crippen LogP contribution in [-0.4, -0.2) is 30.3 Å². The summed E-state index contributed by atoms with van der Waals surface area (Å²) in [5.41, 5.74) is 2.67. The van der Waals surface area contributed by atoms with Crippen LogP contribution in [-0.2, 0) is 4.79 Å². The minimum Gasteiger partial charge on any atom is -0.301 e. The summed E-state index contributed by atoms with van der Waals surface area (Å²) in [5, 5.41) is 0. The predicted molar refractivity (Wildman–Crippen MR) is 49.0 cm³/mol. The fourth-order valence-electron chi connectivity index (χ4n) is 1.57. The highest BCUT2D eigenvalue weighted by molar-refractivity contribution is 5.60. The van der Waals surface area contributed by atoms with Crippen molar-refractivity contribution in [2.45, 2.75) is 25.3 Å². The summed E-state index contributed by atoms with van der Waals surface area (Å²) >= 11 is 0. The van der Waals surface area contributed by atoms with E-state index >= 15 is 0 Å². The van der Waals surface area contributed by atoms with Gasteiger partial charge in [-0.3, -0.25) is 4.90 Å². The van der Waals surface area contributed by atoms with Crippen LogP contribution in [0, 0.1) is 0 Å². The summed E-state index contributed by atoms with van der Waals surface area (Å²) in [5.74, 6) is 0. The van der Waals surface area contributed by atoms with E-state index in [-0.39, 0.29) is 6.04 Å². The van der Waals surface area contributed by atoms with E-state index < -0.39 is 0 Å². The van der Waals surface area contributed by atoms with Gasteiger partial charge in [-0.05, 0) is 32.0 Å². The molecule has 1 saturated heterocycles. The Balaban J connectivity index is 2.51. The molecule has 0 N–H and O–H groups in total. The van der Waals surface area contributed by atoms with Crippen LogP contribution in [0.4, 0.5) is 0 Å². The summed E-state index contributed by atoms with van der Waals surface area (Å²) in [6.45, 7) is 5.54. The third kappa shape index (κ3) is 2.33. The normalized spacial score (nSPS) is 21.0. The van der Waals surface area contributed by atoms with Crippen molar-refractivity contribution < 1.29 is 4.79 Å². The molecule has 1 aliphatic rings. The molecule has 0 aliphatic carbocycles. The first-order chi connectivity index (χ1) is 5.88. The van der Waals surface area contributed by atoms with Gasteiger partial charge in [0.25, 0.3) is 0 Å². The lowest BCUT2D eigenvalue weighted by Crippen LogP contribution is -2.38. The van der Waals surface area contributed by atoms with Gasteiger partial charge in [0.2, 0.25) is 0 Å². The average molecular weight is 165 g/mol. The van der Waals surface area contributed by atoms with E-state index in [2.05, 4.69) is 17.2 Å². The van der Waals surface area contributed by atoms with Crippen LogP contribution in [0.25, 0.3) is 0 Å². The van der Waals surface area contributed by atoms with Crippen molar-refractivity contribution in [2.24, 2.45) is 0 Å². The fourth-order valence-corrected chi connectivity index (χ4v) is 1.57. The van der Waals surface area contributed by atoms with Gasteiger partial charge in [0.15, 0.2) is 0 Å². The lowest BCUT2D eigenvalue weighted by molar-refractivity contribution is -0.111. The molecule has 2 nitrogen and oxygen atoms in total. The molecule has 1 atom stereocenters. The van der Waals surface area contributed by atoms with Crippen LogP contribution in [0.15, 0.2) is 18.4 Å². The Morgan fingerprint density at radius 3 is 2.50 bits per heavy atom. The van der Waals surface area contributed by atoms with Crippen LogP contribution in [0.5, 0.6) is 0 Å². The number of carbonyl (C=O) groups excluding carboxylic acids is 1. The number of piperidine rings is 1. The molecule has 0 saturated carbocycles. The summed E-state index contributed by atoms with van der Waals surface area (Å²) in [7, 11) is 0.